The van der Waals surface area contributed by atoms with E-state index in [4.69, 9.17) is 9.47 Å². The lowest BCUT2D eigenvalue weighted by Crippen LogP contribution is -2.50. The highest BCUT2D eigenvalue weighted by molar-refractivity contribution is 5.97. The average Bonchev–Trinajstić information content (AvgIpc) is 3.08. The monoisotopic (exact) mass is 318 g/mol. The summed E-state index contributed by atoms with van der Waals surface area (Å²) in [4.78, 5) is 27.5. The van der Waals surface area contributed by atoms with E-state index in [-0.39, 0.29) is 24.5 Å². The largest absolute Gasteiger partial charge is 0.491 e. The fourth-order valence-corrected chi connectivity index (χ4v) is 2.80. The molecule has 3 rings (SSSR count). The minimum Gasteiger partial charge on any atom is -0.491 e. The summed E-state index contributed by atoms with van der Waals surface area (Å²) in [6.07, 6.45) is 2.23. The smallest absolute Gasteiger partial charge is 0.254 e. The molecule has 1 unspecified atom stereocenters. The first-order valence-electron chi connectivity index (χ1n) is 8.01. The van der Waals surface area contributed by atoms with E-state index in [1.54, 1.807) is 35.0 Å². The fraction of sp³-hybridized carbons (Fsp3) is 0.529. The number of rotatable bonds is 4. The molecule has 1 aromatic rings. The Kier molecular flexibility index (Phi) is 4.81. The number of benzene rings is 1. The number of hydrogen-bond acceptors (Lipinski definition) is 4. The molecule has 2 aliphatic rings. The molecule has 124 valence electrons. The second-order valence-electron chi connectivity index (χ2n) is 6.02. The van der Waals surface area contributed by atoms with E-state index < -0.39 is 0 Å². The summed E-state index contributed by atoms with van der Waals surface area (Å²) in [6.45, 7) is 2.56. The van der Waals surface area contributed by atoms with Gasteiger partial charge < -0.3 is 19.3 Å². The number of carbonyl (C=O) groups is 2. The highest BCUT2D eigenvalue weighted by atomic mass is 16.5. The Hall–Kier alpha value is -2.08. The first-order chi connectivity index (χ1) is 11.1. The molecule has 1 atom stereocenters. The Morgan fingerprint density at radius 3 is 3.00 bits per heavy atom. The van der Waals surface area contributed by atoms with Crippen molar-refractivity contribution < 1.29 is 19.1 Å². The van der Waals surface area contributed by atoms with E-state index in [9.17, 15) is 9.59 Å². The SMILES string of the molecule is CN1CCN(C(=O)c2cccc(OCC3CCCO3)c2)CC1=O. The van der Waals surface area contributed by atoms with Crippen LogP contribution in [0, 0.1) is 0 Å². The molecule has 1 aromatic carbocycles. The van der Waals surface area contributed by atoms with Gasteiger partial charge in [-0.3, -0.25) is 9.59 Å². The zero-order valence-electron chi connectivity index (χ0n) is 13.4. The van der Waals surface area contributed by atoms with Crippen molar-refractivity contribution in [2.24, 2.45) is 0 Å². The van der Waals surface area contributed by atoms with E-state index in [0.717, 1.165) is 19.4 Å². The maximum atomic E-state index is 12.5. The summed E-state index contributed by atoms with van der Waals surface area (Å²) in [5.74, 6) is 0.496. The number of hydrogen-bond donors (Lipinski definition) is 0. The molecule has 0 aliphatic carbocycles. The molecule has 0 radical (unpaired) electrons. The predicted octanol–water partition coefficient (Wildman–Crippen LogP) is 1.16. The van der Waals surface area contributed by atoms with Gasteiger partial charge in [0.05, 0.1) is 6.10 Å². The van der Waals surface area contributed by atoms with Crippen LogP contribution < -0.4 is 4.74 Å². The van der Waals surface area contributed by atoms with Gasteiger partial charge >= 0.3 is 0 Å². The summed E-state index contributed by atoms with van der Waals surface area (Å²) in [5.41, 5.74) is 0.548. The minimum atomic E-state index is -0.131. The molecular formula is C17H22N2O4. The number of carbonyl (C=O) groups excluding carboxylic acids is 2. The van der Waals surface area contributed by atoms with Crippen molar-refractivity contribution in [1.82, 2.24) is 9.80 Å². The summed E-state index contributed by atoms with van der Waals surface area (Å²) in [7, 11) is 1.75. The number of likely N-dealkylation sites (N-methyl/N-ethyl adjacent to an activating group) is 1. The van der Waals surface area contributed by atoms with E-state index in [1.807, 2.05) is 6.07 Å². The normalized spacial score (nSPS) is 21.6. The van der Waals surface area contributed by atoms with Crippen LogP contribution in [0.2, 0.25) is 0 Å². The van der Waals surface area contributed by atoms with Crippen LogP contribution in [0.3, 0.4) is 0 Å². The van der Waals surface area contributed by atoms with Crippen LogP contribution in [0.15, 0.2) is 24.3 Å². The first kappa shape index (κ1) is 15.8. The third-order valence-corrected chi connectivity index (χ3v) is 4.29. The fourth-order valence-electron chi connectivity index (χ4n) is 2.80. The van der Waals surface area contributed by atoms with Crippen LogP contribution in [-0.4, -0.2) is 67.6 Å². The van der Waals surface area contributed by atoms with Crippen molar-refractivity contribution in [3.8, 4) is 5.75 Å². The lowest BCUT2D eigenvalue weighted by Gasteiger charge is -2.32. The first-order valence-corrected chi connectivity index (χ1v) is 8.01. The maximum absolute atomic E-state index is 12.5. The number of nitrogens with zero attached hydrogens (tertiary/aromatic N) is 2. The Labute approximate surface area is 136 Å². The number of amides is 2. The van der Waals surface area contributed by atoms with Crippen molar-refractivity contribution in [2.75, 3.05) is 39.9 Å². The molecule has 23 heavy (non-hydrogen) atoms. The molecule has 6 heteroatoms. The van der Waals surface area contributed by atoms with Gasteiger partial charge in [0.1, 0.15) is 18.9 Å². The summed E-state index contributed by atoms with van der Waals surface area (Å²) in [5, 5.41) is 0. The van der Waals surface area contributed by atoms with Crippen LogP contribution in [-0.2, 0) is 9.53 Å². The van der Waals surface area contributed by atoms with Gasteiger partial charge in [0.2, 0.25) is 5.91 Å². The lowest BCUT2D eigenvalue weighted by atomic mass is 10.1. The second-order valence-corrected chi connectivity index (χ2v) is 6.02. The summed E-state index contributed by atoms with van der Waals surface area (Å²) < 4.78 is 11.3. The van der Waals surface area contributed by atoms with Crippen LogP contribution >= 0.6 is 0 Å². The molecule has 0 saturated carbocycles. The molecule has 2 aliphatic heterocycles. The van der Waals surface area contributed by atoms with Gasteiger partial charge in [0, 0.05) is 32.3 Å². The van der Waals surface area contributed by atoms with Crippen LogP contribution in [0.5, 0.6) is 5.75 Å². The van der Waals surface area contributed by atoms with E-state index >= 15 is 0 Å². The van der Waals surface area contributed by atoms with Gasteiger partial charge in [-0.25, -0.2) is 0 Å². The van der Waals surface area contributed by atoms with Crippen LogP contribution in [0.25, 0.3) is 0 Å². The van der Waals surface area contributed by atoms with Crippen molar-refractivity contribution in [2.45, 2.75) is 18.9 Å². The minimum absolute atomic E-state index is 0.0320. The second kappa shape index (κ2) is 7.00. The quantitative estimate of drug-likeness (QED) is 0.836. The predicted molar refractivity (Wildman–Crippen MR) is 84.5 cm³/mol. The van der Waals surface area contributed by atoms with Crippen molar-refractivity contribution in [3.05, 3.63) is 29.8 Å². The van der Waals surface area contributed by atoms with Gasteiger partial charge in [-0.2, -0.15) is 0 Å². The number of ether oxygens (including phenoxy) is 2. The molecule has 0 spiro atoms. The zero-order chi connectivity index (χ0) is 16.2. The molecule has 2 amide bonds. The molecule has 2 saturated heterocycles. The van der Waals surface area contributed by atoms with E-state index in [0.29, 0.717) is 31.0 Å². The number of piperazine rings is 1. The maximum Gasteiger partial charge on any atom is 0.254 e. The highest BCUT2D eigenvalue weighted by Crippen LogP contribution is 2.18. The van der Waals surface area contributed by atoms with E-state index in [1.165, 1.54) is 0 Å². The van der Waals surface area contributed by atoms with Crippen molar-refractivity contribution in [3.63, 3.8) is 0 Å². The van der Waals surface area contributed by atoms with Gasteiger partial charge in [-0.05, 0) is 31.0 Å². The molecule has 0 bridgehead atoms. The van der Waals surface area contributed by atoms with Gasteiger partial charge in [-0.1, -0.05) is 6.07 Å². The average molecular weight is 318 g/mol. The molecule has 0 aromatic heterocycles. The Balaban J connectivity index is 1.61. The lowest BCUT2D eigenvalue weighted by molar-refractivity contribution is -0.133. The van der Waals surface area contributed by atoms with Gasteiger partial charge in [-0.15, -0.1) is 0 Å². The third kappa shape index (κ3) is 3.82. The Morgan fingerprint density at radius 2 is 2.26 bits per heavy atom. The molecule has 6 nitrogen and oxygen atoms in total. The molecule has 2 heterocycles. The zero-order valence-corrected chi connectivity index (χ0v) is 13.4. The van der Waals surface area contributed by atoms with Gasteiger partial charge in [0.15, 0.2) is 0 Å². The highest BCUT2D eigenvalue weighted by Gasteiger charge is 2.25. The molecular weight excluding hydrogens is 296 g/mol. The van der Waals surface area contributed by atoms with Gasteiger partial charge in [0.25, 0.3) is 5.91 Å². The van der Waals surface area contributed by atoms with Crippen LogP contribution in [0.1, 0.15) is 23.2 Å². The van der Waals surface area contributed by atoms with Crippen molar-refractivity contribution in [1.29, 1.82) is 0 Å². The third-order valence-electron chi connectivity index (χ3n) is 4.29. The standard InChI is InChI=1S/C17H22N2O4/c1-18-7-8-19(11-16(18)20)17(21)13-4-2-5-14(10-13)23-12-15-6-3-9-22-15/h2,4-5,10,15H,3,6-9,11-12H2,1H3. The summed E-state index contributed by atoms with van der Waals surface area (Å²) in [6, 6.07) is 7.13. The Bertz CT molecular complexity index is 584. The van der Waals surface area contributed by atoms with Crippen LogP contribution in [0.4, 0.5) is 0 Å². The topological polar surface area (TPSA) is 59.1 Å². The molecule has 0 N–H and O–H groups in total. The molecule has 2 fully saturated rings. The van der Waals surface area contributed by atoms with Crippen molar-refractivity contribution >= 4 is 11.8 Å². The Morgan fingerprint density at radius 1 is 1.39 bits per heavy atom. The summed E-state index contributed by atoms with van der Waals surface area (Å²) >= 11 is 0. The van der Waals surface area contributed by atoms with E-state index in [2.05, 4.69) is 0 Å².